The average Bonchev–Trinajstić information content (AvgIpc) is 2.90. The molecule has 4 heteroatoms. The lowest BCUT2D eigenvalue weighted by Gasteiger charge is -2.21. The summed E-state index contributed by atoms with van der Waals surface area (Å²) >= 11 is 1.91. The fourth-order valence-electron chi connectivity index (χ4n) is 3.02. The number of rotatable bonds is 2. The summed E-state index contributed by atoms with van der Waals surface area (Å²) in [5, 5.41) is 0. The van der Waals surface area contributed by atoms with E-state index < -0.39 is 0 Å². The van der Waals surface area contributed by atoms with Gasteiger partial charge in [-0.15, -0.1) is 11.8 Å². The minimum Gasteiger partial charge on any atom is -0.312 e. The highest BCUT2D eigenvalue weighted by atomic mass is 32.2. The van der Waals surface area contributed by atoms with Crippen molar-refractivity contribution in [3.8, 4) is 0 Å². The maximum atomic E-state index is 5.74. The van der Waals surface area contributed by atoms with Crippen molar-refractivity contribution in [2.24, 2.45) is 10.8 Å². The maximum absolute atomic E-state index is 5.74. The zero-order chi connectivity index (χ0) is 13.1. The van der Waals surface area contributed by atoms with Gasteiger partial charge in [0, 0.05) is 10.6 Å². The average molecular weight is 275 g/mol. The van der Waals surface area contributed by atoms with Gasteiger partial charge in [-0.3, -0.25) is 4.99 Å². The maximum Gasteiger partial charge on any atom is 0.119 e. The van der Waals surface area contributed by atoms with Gasteiger partial charge in [0.1, 0.15) is 5.84 Å². The van der Waals surface area contributed by atoms with Crippen LogP contribution >= 0.6 is 11.8 Å². The number of hydrogen-bond acceptors (Lipinski definition) is 3. The van der Waals surface area contributed by atoms with Crippen LogP contribution in [0.4, 0.5) is 0 Å². The molecule has 0 saturated heterocycles. The molecule has 1 fully saturated rings. The van der Waals surface area contributed by atoms with Crippen LogP contribution < -0.4 is 11.3 Å². The number of benzene rings is 1. The predicted octanol–water partition coefficient (Wildman–Crippen LogP) is 3.07. The molecule has 1 aromatic carbocycles. The number of fused-ring (bicyclic) bond motifs is 1. The van der Waals surface area contributed by atoms with Gasteiger partial charge in [-0.2, -0.15) is 0 Å². The van der Waals surface area contributed by atoms with Crippen molar-refractivity contribution in [1.82, 2.24) is 5.43 Å². The van der Waals surface area contributed by atoms with Gasteiger partial charge in [-0.25, -0.2) is 5.84 Å². The van der Waals surface area contributed by atoms with Crippen molar-refractivity contribution in [2.75, 3.05) is 5.75 Å². The molecule has 1 aliphatic heterocycles. The summed E-state index contributed by atoms with van der Waals surface area (Å²) in [4.78, 5) is 6.28. The molecule has 1 saturated carbocycles. The Bertz CT molecular complexity index is 466. The van der Waals surface area contributed by atoms with Crippen molar-refractivity contribution in [3.63, 3.8) is 0 Å². The first-order valence-corrected chi connectivity index (χ1v) is 8.13. The number of nitrogens with zero attached hydrogens (tertiary/aromatic N) is 1. The first-order valence-electron chi connectivity index (χ1n) is 7.14. The normalized spacial score (nSPS) is 24.3. The molecule has 1 aliphatic carbocycles. The smallest absolute Gasteiger partial charge is 0.119 e. The summed E-state index contributed by atoms with van der Waals surface area (Å²) in [5.41, 5.74) is 4.24. The van der Waals surface area contributed by atoms with Crippen LogP contribution in [0.1, 0.15) is 43.6 Å². The molecule has 102 valence electrons. The lowest BCUT2D eigenvalue weighted by atomic mass is 9.95. The lowest BCUT2D eigenvalue weighted by Crippen LogP contribution is -2.36. The fraction of sp³-hybridized carbons (Fsp3) is 0.533. The largest absolute Gasteiger partial charge is 0.312 e. The molecular weight excluding hydrogens is 254 g/mol. The van der Waals surface area contributed by atoms with Crippen molar-refractivity contribution >= 4 is 17.6 Å². The third kappa shape index (κ3) is 2.79. The zero-order valence-corrected chi connectivity index (χ0v) is 12.0. The number of aliphatic imine (C=N–C) groups is 1. The van der Waals surface area contributed by atoms with E-state index in [1.54, 1.807) is 0 Å². The minimum absolute atomic E-state index is 0.341. The molecule has 0 bridgehead atoms. The van der Waals surface area contributed by atoms with Crippen molar-refractivity contribution in [1.29, 1.82) is 0 Å². The molecule has 1 unspecified atom stereocenters. The van der Waals surface area contributed by atoms with E-state index >= 15 is 0 Å². The lowest BCUT2D eigenvalue weighted by molar-refractivity contribution is 0.441. The van der Waals surface area contributed by atoms with Gasteiger partial charge in [-0.1, -0.05) is 37.5 Å². The number of thioether (sulfide) groups is 1. The Morgan fingerprint density at radius 1 is 1.21 bits per heavy atom. The summed E-state index contributed by atoms with van der Waals surface area (Å²) in [5.74, 6) is 8.10. The zero-order valence-electron chi connectivity index (χ0n) is 11.1. The van der Waals surface area contributed by atoms with Crippen LogP contribution in [0.5, 0.6) is 0 Å². The molecule has 0 amide bonds. The van der Waals surface area contributed by atoms with E-state index in [2.05, 4.69) is 29.7 Å². The molecule has 3 nitrogen and oxygen atoms in total. The Morgan fingerprint density at radius 3 is 2.79 bits per heavy atom. The number of nitrogens with one attached hydrogen (secondary N) is 1. The Hall–Kier alpha value is -1.00. The van der Waals surface area contributed by atoms with Gasteiger partial charge in [0.15, 0.2) is 0 Å². The van der Waals surface area contributed by atoms with Gasteiger partial charge in [-0.05, 0) is 24.5 Å². The van der Waals surface area contributed by atoms with Gasteiger partial charge in [0.05, 0.1) is 12.0 Å². The number of amidine groups is 1. The first-order chi connectivity index (χ1) is 9.38. The highest BCUT2D eigenvalue weighted by Crippen LogP contribution is 2.39. The summed E-state index contributed by atoms with van der Waals surface area (Å²) in [6.07, 6.45) is 6.41. The standard InChI is InChI=1S/C15H21N3S/c16-18-15(17-11-6-2-1-3-7-11)13-10-19-14-9-5-4-8-12(13)14/h4-5,8-9,11,13H,1-3,6-7,10,16H2,(H,17,18). The number of hydrogen-bond donors (Lipinski definition) is 2. The third-order valence-electron chi connectivity index (χ3n) is 4.07. The van der Waals surface area contributed by atoms with Crippen LogP contribution in [0, 0.1) is 0 Å². The van der Waals surface area contributed by atoms with Gasteiger partial charge in [0.25, 0.3) is 0 Å². The van der Waals surface area contributed by atoms with Crippen LogP contribution in [0.2, 0.25) is 0 Å². The molecule has 3 rings (SSSR count). The van der Waals surface area contributed by atoms with Gasteiger partial charge < -0.3 is 5.43 Å². The molecule has 1 atom stereocenters. The summed E-state index contributed by atoms with van der Waals surface area (Å²) in [6, 6.07) is 9.06. The molecule has 19 heavy (non-hydrogen) atoms. The van der Waals surface area contributed by atoms with Crippen LogP contribution in [0.25, 0.3) is 0 Å². The molecule has 0 spiro atoms. The predicted molar refractivity (Wildman–Crippen MR) is 81.5 cm³/mol. The van der Waals surface area contributed by atoms with Crippen molar-refractivity contribution < 1.29 is 0 Å². The second-order valence-electron chi connectivity index (χ2n) is 5.35. The van der Waals surface area contributed by atoms with Gasteiger partial charge in [0.2, 0.25) is 0 Å². The van der Waals surface area contributed by atoms with E-state index in [9.17, 15) is 0 Å². The number of nitrogens with two attached hydrogens (primary N) is 1. The van der Waals surface area contributed by atoms with Crippen LogP contribution in [0.3, 0.4) is 0 Å². The Balaban J connectivity index is 1.81. The molecule has 2 aliphatic rings. The van der Waals surface area contributed by atoms with E-state index in [-0.39, 0.29) is 0 Å². The molecule has 0 aromatic heterocycles. The quantitative estimate of drug-likeness (QED) is 0.377. The van der Waals surface area contributed by atoms with E-state index in [0.717, 1.165) is 11.6 Å². The second-order valence-corrected chi connectivity index (χ2v) is 6.41. The van der Waals surface area contributed by atoms with Crippen LogP contribution in [-0.4, -0.2) is 17.6 Å². The molecule has 0 radical (unpaired) electrons. The van der Waals surface area contributed by atoms with Crippen molar-refractivity contribution in [3.05, 3.63) is 29.8 Å². The highest BCUT2D eigenvalue weighted by molar-refractivity contribution is 7.99. The summed E-state index contributed by atoms with van der Waals surface area (Å²) in [7, 11) is 0. The van der Waals surface area contributed by atoms with E-state index in [1.165, 1.54) is 42.6 Å². The topological polar surface area (TPSA) is 50.4 Å². The molecule has 3 N–H and O–H groups in total. The van der Waals surface area contributed by atoms with Crippen LogP contribution in [0.15, 0.2) is 34.2 Å². The van der Waals surface area contributed by atoms with E-state index in [0.29, 0.717) is 12.0 Å². The van der Waals surface area contributed by atoms with Crippen LogP contribution in [-0.2, 0) is 0 Å². The third-order valence-corrected chi connectivity index (χ3v) is 5.26. The highest BCUT2D eigenvalue weighted by Gasteiger charge is 2.27. The SMILES string of the molecule is NNC(=NC1CCCCC1)C1CSc2ccccc21. The van der Waals surface area contributed by atoms with E-state index in [4.69, 9.17) is 10.8 Å². The molecule has 1 aromatic rings. The molecule has 1 heterocycles. The fourth-order valence-corrected chi connectivity index (χ4v) is 4.26. The number of hydrazine groups is 1. The monoisotopic (exact) mass is 275 g/mol. The van der Waals surface area contributed by atoms with Gasteiger partial charge >= 0.3 is 0 Å². The Kier molecular flexibility index (Phi) is 4.09. The first kappa shape index (κ1) is 13.0. The minimum atomic E-state index is 0.341. The summed E-state index contributed by atoms with van der Waals surface area (Å²) in [6.45, 7) is 0. The Morgan fingerprint density at radius 2 is 2.00 bits per heavy atom. The van der Waals surface area contributed by atoms with Crippen molar-refractivity contribution in [2.45, 2.75) is 49.0 Å². The second kappa shape index (κ2) is 5.97. The summed E-state index contributed by atoms with van der Waals surface area (Å²) < 4.78 is 0. The Labute approximate surface area is 119 Å². The molecular formula is C15H21N3S. The van der Waals surface area contributed by atoms with E-state index in [1.807, 2.05) is 11.8 Å².